The zero-order valence-corrected chi connectivity index (χ0v) is 13.0. The van der Waals surface area contributed by atoms with E-state index < -0.39 is 17.4 Å². The van der Waals surface area contributed by atoms with Crippen LogP contribution >= 0.6 is 0 Å². The Labute approximate surface area is 138 Å². The monoisotopic (exact) mass is 326 g/mol. The molecule has 1 aromatic heterocycles. The largest absolute Gasteiger partial charge is 0.451 e. The minimum absolute atomic E-state index is 0.298. The molecule has 5 heteroatoms. The number of rotatable bonds is 2. The second-order valence-corrected chi connectivity index (χ2v) is 5.87. The zero-order chi connectivity index (χ0) is 16.7. The highest BCUT2D eigenvalue weighted by Gasteiger charge is 2.18. The number of nitrogens with one attached hydrogen (secondary N) is 2. The molecule has 3 nitrogen and oxygen atoms in total. The first kappa shape index (κ1) is 14.8. The van der Waals surface area contributed by atoms with Crippen LogP contribution in [0.4, 0.5) is 8.78 Å². The van der Waals surface area contributed by atoms with Gasteiger partial charge < -0.3 is 15.0 Å². The molecule has 0 unspecified atom stereocenters. The van der Waals surface area contributed by atoms with E-state index in [2.05, 4.69) is 16.9 Å². The van der Waals surface area contributed by atoms with Gasteiger partial charge in [0.1, 0.15) is 5.75 Å². The number of H-pyrrole nitrogens is 1. The number of fused-ring (bicyclic) bond motifs is 2. The number of aromatic amines is 1. The van der Waals surface area contributed by atoms with E-state index in [0.29, 0.717) is 16.7 Å². The van der Waals surface area contributed by atoms with Crippen molar-refractivity contribution in [2.45, 2.75) is 12.8 Å². The number of hydrogen-bond acceptors (Lipinski definition) is 2. The second kappa shape index (κ2) is 5.67. The predicted octanol–water partition coefficient (Wildman–Crippen LogP) is 4.74. The van der Waals surface area contributed by atoms with Gasteiger partial charge in [-0.25, -0.2) is 8.78 Å². The number of aromatic nitrogens is 1. The lowest BCUT2D eigenvalue weighted by Crippen LogP contribution is -2.10. The molecule has 0 fully saturated rings. The van der Waals surface area contributed by atoms with Crippen molar-refractivity contribution in [1.29, 1.82) is 0 Å². The third-order valence-corrected chi connectivity index (χ3v) is 4.29. The molecule has 0 saturated heterocycles. The highest BCUT2D eigenvalue weighted by molar-refractivity contribution is 5.82. The van der Waals surface area contributed by atoms with E-state index in [1.165, 1.54) is 6.07 Å². The summed E-state index contributed by atoms with van der Waals surface area (Å²) in [7, 11) is 0. The van der Waals surface area contributed by atoms with Crippen LogP contribution < -0.4 is 10.1 Å². The van der Waals surface area contributed by atoms with Gasteiger partial charge in [0.25, 0.3) is 0 Å². The lowest BCUT2D eigenvalue weighted by atomic mass is 10.0. The Morgan fingerprint density at radius 3 is 2.88 bits per heavy atom. The average molecular weight is 326 g/mol. The Hall–Kier alpha value is -2.82. The standard InChI is InChI=1S/C19H16F2N2O/c1-11-15-9-13(5-4-12(15)3-2-7-22-11)24-19-16(20)10-17-14(18(19)21)6-8-23-17/h4-6,8-10,22-23H,1-3,7H2. The number of halogens is 2. The van der Waals surface area contributed by atoms with Gasteiger partial charge in [-0.05, 0) is 36.6 Å². The molecular formula is C19H16F2N2O. The van der Waals surface area contributed by atoms with Gasteiger partial charge >= 0.3 is 0 Å². The molecule has 0 spiro atoms. The summed E-state index contributed by atoms with van der Waals surface area (Å²) in [6.07, 6.45) is 3.51. The first-order valence-electron chi connectivity index (χ1n) is 7.82. The maximum atomic E-state index is 14.5. The van der Waals surface area contributed by atoms with Crippen LogP contribution in [0.3, 0.4) is 0 Å². The van der Waals surface area contributed by atoms with E-state index in [0.717, 1.165) is 36.2 Å². The molecule has 1 aliphatic heterocycles. The average Bonchev–Trinajstić information content (AvgIpc) is 2.96. The minimum atomic E-state index is -0.741. The molecule has 3 aromatic rings. The van der Waals surface area contributed by atoms with E-state index in [9.17, 15) is 8.78 Å². The van der Waals surface area contributed by atoms with E-state index in [4.69, 9.17) is 4.74 Å². The van der Waals surface area contributed by atoms with Crippen LogP contribution in [0.25, 0.3) is 16.6 Å². The Kier molecular flexibility index (Phi) is 3.49. The topological polar surface area (TPSA) is 37.0 Å². The van der Waals surface area contributed by atoms with Crippen LogP contribution in [0.5, 0.6) is 11.5 Å². The normalized spacial score (nSPS) is 14.2. The van der Waals surface area contributed by atoms with Crippen LogP contribution in [0, 0.1) is 11.6 Å². The van der Waals surface area contributed by atoms with Gasteiger partial charge in [-0.2, -0.15) is 0 Å². The summed E-state index contributed by atoms with van der Waals surface area (Å²) in [6, 6.07) is 8.22. The first-order chi connectivity index (χ1) is 11.6. The van der Waals surface area contributed by atoms with Gasteiger partial charge in [-0.1, -0.05) is 12.6 Å². The smallest absolute Gasteiger partial charge is 0.199 e. The summed E-state index contributed by atoms with van der Waals surface area (Å²) < 4.78 is 34.3. The minimum Gasteiger partial charge on any atom is -0.451 e. The molecule has 0 saturated carbocycles. The molecule has 4 rings (SSSR count). The number of ether oxygens (including phenoxy) is 1. The second-order valence-electron chi connectivity index (χ2n) is 5.87. The molecule has 122 valence electrons. The predicted molar refractivity (Wildman–Crippen MR) is 90.1 cm³/mol. The van der Waals surface area contributed by atoms with Gasteiger partial charge in [0.2, 0.25) is 0 Å². The van der Waals surface area contributed by atoms with E-state index in [-0.39, 0.29) is 0 Å². The Morgan fingerprint density at radius 2 is 2.00 bits per heavy atom. The summed E-state index contributed by atoms with van der Waals surface area (Å²) in [5, 5.41) is 3.53. The molecule has 2 aromatic carbocycles. The molecule has 24 heavy (non-hydrogen) atoms. The van der Waals surface area contributed by atoms with Crippen LogP contribution in [-0.2, 0) is 6.42 Å². The fraction of sp³-hybridized carbons (Fsp3) is 0.158. The molecule has 2 heterocycles. The van der Waals surface area contributed by atoms with Crippen molar-refractivity contribution in [2.75, 3.05) is 6.54 Å². The third kappa shape index (κ3) is 2.42. The summed E-state index contributed by atoms with van der Waals surface area (Å²) >= 11 is 0. The lowest BCUT2D eigenvalue weighted by molar-refractivity contribution is 0.411. The van der Waals surface area contributed by atoms with Crippen LogP contribution in [0.2, 0.25) is 0 Å². The fourth-order valence-corrected chi connectivity index (χ4v) is 3.06. The first-order valence-corrected chi connectivity index (χ1v) is 7.82. The number of benzene rings is 2. The van der Waals surface area contributed by atoms with E-state index >= 15 is 0 Å². The van der Waals surface area contributed by atoms with E-state index in [1.807, 2.05) is 6.07 Å². The SMILES string of the molecule is C=C1NCCCc2ccc(Oc3c(F)cc4[nH]ccc4c3F)cc21. The van der Waals surface area contributed by atoms with Crippen molar-refractivity contribution in [1.82, 2.24) is 10.3 Å². The van der Waals surface area contributed by atoms with E-state index in [1.54, 1.807) is 24.4 Å². The highest BCUT2D eigenvalue weighted by atomic mass is 19.1. The molecule has 0 radical (unpaired) electrons. The fourth-order valence-electron chi connectivity index (χ4n) is 3.06. The Bertz CT molecular complexity index is 946. The van der Waals surface area contributed by atoms with Crippen LogP contribution in [-0.4, -0.2) is 11.5 Å². The summed E-state index contributed by atoms with van der Waals surface area (Å²) in [6.45, 7) is 4.87. The van der Waals surface area contributed by atoms with Crippen molar-refractivity contribution >= 4 is 16.6 Å². The van der Waals surface area contributed by atoms with Crippen LogP contribution in [0.15, 0.2) is 43.1 Å². The van der Waals surface area contributed by atoms with Gasteiger partial charge in [0.05, 0.1) is 5.52 Å². The highest BCUT2D eigenvalue weighted by Crippen LogP contribution is 2.34. The van der Waals surface area contributed by atoms with Gasteiger partial charge in [-0.3, -0.25) is 0 Å². The molecule has 0 bridgehead atoms. The van der Waals surface area contributed by atoms with Crippen molar-refractivity contribution in [3.05, 3.63) is 65.9 Å². The van der Waals surface area contributed by atoms with Gasteiger partial charge in [0.15, 0.2) is 17.4 Å². The van der Waals surface area contributed by atoms with Crippen molar-refractivity contribution < 1.29 is 13.5 Å². The molecule has 0 aliphatic carbocycles. The summed E-state index contributed by atoms with van der Waals surface area (Å²) in [5.74, 6) is -1.46. The number of aryl methyl sites for hydroxylation is 1. The zero-order valence-electron chi connectivity index (χ0n) is 13.0. The maximum Gasteiger partial charge on any atom is 0.199 e. The van der Waals surface area contributed by atoms with Crippen molar-refractivity contribution in [2.24, 2.45) is 0 Å². The lowest BCUT2D eigenvalue weighted by Gasteiger charge is -2.13. The van der Waals surface area contributed by atoms with Gasteiger partial charge in [-0.15, -0.1) is 0 Å². The number of hydrogen-bond donors (Lipinski definition) is 2. The molecule has 2 N–H and O–H groups in total. The molecule has 0 amide bonds. The third-order valence-electron chi connectivity index (χ3n) is 4.29. The molecular weight excluding hydrogens is 310 g/mol. The Morgan fingerprint density at radius 1 is 1.12 bits per heavy atom. The van der Waals surface area contributed by atoms with Crippen molar-refractivity contribution in [3.63, 3.8) is 0 Å². The molecule has 1 aliphatic rings. The summed E-state index contributed by atoms with van der Waals surface area (Å²) in [5.41, 5.74) is 3.28. The Balaban J connectivity index is 1.75. The van der Waals surface area contributed by atoms with Crippen LogP contribution in [0.1, 0.15) is 17.5 Å². The summed E-state index contributed by atoms with van der Waals surface area (Å²) in [4.78, 5) is 2.79. The van der Waals surface area contributed by atoms with Gasteiger partial charge in [0, 0.05) is 35.5 Å². The quantitative estimate of drug-likeness (QED) is 0.713. The van der Waals surface area contributed by atoms with Crippen molar-refractivity contribution in [3.8, 4) is 11.5 Å². The maximum absolute atomic E-state index is 14.5. The molecule has 0 atom stereocenters.